The van der Waals surface area contributed by atoms with Crippen molar-refractivity contribution >= 4 is 39.9 Å². The van der Waals surface area contributed by atoms with Crippen molar-refractivity contribution in [3.8, 4) is 11.3 Å². The van der Waals surface area contributed by atoms with Crippen LogP contribution in [0.5, 0.6) is 0 Å². The van der Waals surface area contributed by atoms with Crippen molar-refractivity contribution in [1.82, 2.24) is 30.0 Å². The summed E-state index contributed by atoms with van der Waals surface area (Å²) in [5.41, 5.74) is 23.3. The number of benzene rings is 1. The molecule has 236 valence electrons. The zero-order valence-corrected chi connectivity index (χ0v) is 24.4. The number of nitrogens with zero attached hydrogens (tertiary/aromatic N) is 8. The molecule has 3 aromatic heterocycles. The van der Waals surface area contributed by atoms with Gasteiger partial charge in [-0.1, -0.05) is 5.11 Å². The monoisotopic (exact) mass is 611 g/mol. The van der Waals surface area contributed by atoms with E-state index < -0.39 is 0 Å². The number of ether oxygens (including phenoxy) is 4. The van der Waals surface area contributed by atoms with Gasteiger partial charge in [-0.25, -0.2) is 14.6 Å². The lowest BCUT2D eigenvalue weighted by Crippen LogP contribution is -2.26. The van der Waals surface area contributed by atoms with Crippen LogP contribution in [0.2, 0.25) is 0 Å². The molecule has 0 unspecified atom stereocenters. The second-order valence-electron chi connectivity index (χ2n) is 9.47. The van der Waals surface area contributed by atoms with Crippen LogP contribution < -0.4 is 16.8 Å². The molecule has 44 heavy (non-hydrogen) atoms. The Labute approximate surface area is 252 Å². The highest BCUT2D eigenvalue weighted by atomic mass is 16.6. The number of amides is 1. The Morgan fingerprint density at radius 2 is 1.73 bits per heavy atom. The fourth-order valence-corrected chi connectivity index (χ4v) is 4.26. The van der Waals surface area contributed by atoms with Crippen LogP contribution in [0.25, 0.3) is 43.8 Å². The summed E-state index contributed by atoms with van der Waals surface area (Å²) in [4.78, 5) is 27.5. The number of carbonyl (C=O) groups is 1. The molecular formula is C27H37N11O6. The zero-order chi connectivity index (χ0) is 31.0. The Bertz CT molecular complexity index is 1540. The lowest BCUT2D eigenvalue weighted by Gasteiger charge is -2.08. The van der Waals surface area contributed by atoms with E-state index in [2.05, 4.69) is 30.3 Å². The molecular weight excluding hydrogens is 574 g/mol. The third-order valence-electron chi connectivity index (χ3n) is 6.34. The molecule has 17 heteroatoms. The SMILES string of the molecule is [N-]=[N+]=NCCOCCOCCOCCOCCC(=O)NCCCCn1nc(-c2ccc3oc(N)nc3c2)c2c(N)ncnc21. The van der Waals surface area contributed by atoms with Crippen molar-refractivity contribution in [1.29, 1.82) is 0 Å². The van der Waals surface area contributed by atoms with Crippen molar-refractivity contribution in [2.75, 3.05) is 77.4 Å². The van der Waals surface area contributed by atoms with E-state index in [4.69, 9.17) is 45.5 Å². The van der Waals surface area contributed by atoms with Crippen molar-refractivity contribution in [2.24, 2.45) is 5.11 Å². The van der Waals surface area contributed by atoms with Crippen molar-refractivity contribution in [3.05, 3.63) is 35.0 Å². The summed E-state index contributed by atoms with van der Waals surface area (Å²) in [5, 5.41) is 11.7. The summed E-state index contributed by atoms with van der Waals surface area (Å²) in [5.74, 6) is 0.265. The first-order valence-corrected chi connectivity index (χ1v) is 14.3. The van der Waals surface area contributed by atoms with E-state index in [-0.39, 0.29) is 18.3 Å². The van der Waals surface area contributed by atoms with E-state index in [1.165, 1.54) is 6.33 Å². The van der Waals surface area contributed by atoms with Gasteiger partial charge in [0.1, 0.15) is 23.4 Å². The number of anilines is 2. The number of aryl methyl sites for hydroxylation is 1. The van der Waals surface area contributed by atoms with Gasteiger partial charge < -0.3 is 40.1 Å². The smallest absolute Gasteiger partial charge is 0.292 e. The Kier molecular flexibility index (Phi) is 12.9. The highest BCUT2D eigenvalue weighted by molar-refractivity contribution is 5.99. The number of hydrogen-bond acceptors (Lipinski definition) is 13. The third-order valence-corrected chi connectivity index (χ3v) is 6.34. The van der Waals surface area contributed by atoms with Crippen LogP contribution in [0.3, 0.4) is 0 Å². The third kappa shape index (κ3) is 9.75. The largest absolute Gasteiger partial charge is 0.424 e. The molecule has 5 N–H and O–H groups in total. The molecule has 1 aromatic carbocycles. The van der Waals surface area contributed by atoms with Crippen LogP contribution in [0.4, 0.5) is 11.8 Å². The summed E-state index contributed by atoms with van der Waals surface area (Å²) in [6, 6.07) is 5.59. The number of azide groups is 1. The fraction of sp³-hybridized carbons (Fsp3) is 0.519. The maximum Gasteiger partial charge on any atom is 0.292 e. The average Bonchev–Trinajstić information content (AvgIpc) is 3.58. The normalized spacial score (nSPS) is 11.3. The fourth-order valence-electron chi connectivity index (χ4n) is 4.26. The molecule has 4 rings (SSSR count). The second-order valence-corrected chi connectivity index (χ2v) is 9.47. The number of carbonyl (C=O) groups excluding carboxylic acids is 1. The molecule has 0 spiro atoms. The van der Waals surface area contributed by atoms with Crippen LogP contribution in [0.1, 0.15) is 19.3 Å². The molecule has 0 radical (unpaired) electrons. The molecule has 0 fully saturated rings. The van der Waals surface area contributed by atoms with Crippen molar-refractivity contribution in [2.45, 2.75) is 25.8 Å². The van der Waals surface area contributed by atoms with Crippen LogP contribution in [0, 0.1) is 0 Å². The minimum atomic E-state index is -0.0720. The number of nitrogen functional groups attached to an aromatic ring is 2. The van der Waals surface area contributed by atoms with Crippen molar-refractivity contribution in [3.63, 3.8) is 0 Å². The first-order chi connectivity index (χ1) is 21.6. The Balaban J connectivity index is 1.07. The summed E-state index contributed by atoms with van der Waals surface area (Å²) < 4.78 is 28.7. The molecule has 0 aliphatic heterocycles. The van der Waals surface area contributed by atoms with Crippen LogP contribution in [-0.4, -0.2) is 96.6 Å². The van der Waals surface area contributed by atoms with Crippen molar-refractivity contribution < 1.29 is 28.2 Å². The number of aromatic nitrogens is 5. The number of nitrogens with two attached hydrogens (primary N) is 2. The lowest BCUT2D eigenvalue weighted by atomic mass is 10.1. The Morgan fingerprint density at radius 3 is 2.48 bits per heavy atom. The van der Waals surface area contributed by atoms with Gasteiger partial charge in [-0.2, -0.15) is 10.1 Å². The topological polar surface area (TPSA) is 236 Å². The van der Waals surface area contributed by atoms with E-state index in [0.717, 1.165) is 18.4 Å². The Morgan fingerprint density at radius 1 is 1.00 bits per heavy atom. The van der Waals surface area contributed by atoms with E-state index in [1.807, 2.05) is 12.1 Å². The number of nitrogens with one attached hydrogen (secondary N) is 1. The quantitative estimate of drug-likeness (QED) is 0.0533. The van der Waals surface area contributed by atoms with Gasteiger partial charge in [-0.3, -0.25) is 4.79 Å². The molecule has 0 aliphatic rings. The van der Waals surface area contributed by atoms with Crippen LogP contribution in [0.15, 0.2) is 34.1 Å². The molecule has 0 aliphatic carbocycles. The average molecular weight is 612 g/mol. The van der Waals surface area contributed by atoms with Gasteiger partial charge in [0.15, 0.2) is 11.2 Å². The highest BCUT2D eigenvalue weighted by Gasteiger charge is 2.18. The van der Waals surface area contributed by atoms with Crippen LogP contribution >= 0.6 is 0 Å². The minimum Gasteiger partial charge on any atom is -0.424 e. The maximum atomic E-state index is 12.1. The molecule has 1 amide bonds. The molecule has 4 aromatic rings. The zero-order valence-electron chi connectivity index (χ0n) is 24.4. The van der Waals surface area contributed by atoms with Gasteiger partial charge in [0, 0.05) is 36.5 Å². The Hall–Kier alpha value is -4.54. The molecule has 17 nitrogen and oxygen atoms in total. The number of oxazole rings is 1. The summed E-state index contributed by atoms with van der Waals surface area (Å²) in [7, 11) is 0. The summed E-state index contributed by atoms with van der Waals surface area (Å²) >= 11 is 0. The summed E-state index contributed by atoms with van der Waals surface area (Å²) in [6.45, 7) is 4.67. The van der Waals surface area contributed by atoms with Gasteiger partial charge in [-0.05, 0) is 36.6 Å². The van der Waals surface area contributed by atoms with Gasteiger partial charge in [0.05, 0.1) is 58.2 Å². The first kappa shape index (κ1) is 32.4. The van der Waals surface area contributed by atoms with E-state index in [1.54, 1.807) is 10.7 Å². The second kappa shape index (κ2) is 17.5. The molecule has 0 saturated carbocycles. The molecule has 0 bridgehead atoms. The number of hydrogen-bond donors (Lipinski definition) is 3. The van der Waals surface area contributed by atoms with Gasteiger partial charge >= 0.3 is 0 Å². The first-order valence-electron chi connectivity index (χ1n) is 14.3. The molecule has 0 saturated heterocycles. The van der Waals surface area contributed by atoms with Gasteiger partial charge in [0.25, 0.3) is 6.01 Å². The molecule has 0 atom stereocenters. The van der Waals surface area contributed by atoms with Gasteiger partial charge in [-0.15, -0.1) is 0 Å². The predicted octanol–water partition coefficient (Wildman–Crippen LogP) is 2.46. The highest BCUT2D eigenvalue weighted by Crippen LogP contribution is 2.32. The number of fused-ring (bicyclic) bond motifs is 2. The predicted molar refractivity (Wildman–Crippen MR) is 161 cm³/mol. The molecule has 3 heterocycles. The van der Waals surface area contributed by atoms with E-state index >= 15 is 0 Å². The van der Waals surface area contributed by atoms with Crippen LogP contribution in [-0.2, 0) is 30.3 Å². The van der Waals surface area contributed by atoms with Gasteiger partial charge in [0.2, 0.25) is 5.91 Å². The minimum absolute atomic E-state index is 0.0720. The summed E-state index contributed by atoms with van der Waals surface area (Å²) in [6.07, 6.45) is 3.21. The standard InChI is InChI=1S/C27H37N11O6/c28-25-23-24(19-3-4-21-20(17-19)35-27(29)44-21)36-38(26(23)33-18-32-25)8-2-1-6-31-22(39)5-9-40-11-13-42-15-16-43-14-12-41-10-7-34-37-30/h3-4,17-18H,1-2,5-16H2,(H2,29,35)(H,31,39)(H2,28,32,33). The van der Waals surface area contributed by atoms with E-state index in [9.17, 15) is 4.79 Å². The lowest BCUT2D eigenvalue weighted by molar-refractivity contribution is -0.122. The number of rotatable bonds is 21. The number of unbranched alkanes of at least 4 members (excludes halogenated alkanes) is 1. The van der Waals surface area contributed by atoms with E-state index in [0.29, 0.717) is 106 Å². The maximum absolute atomic E-state index is 12.1.